The van der Waals surface area contributed by atoms with Crippen LogP contribution >= 0.6 is 0 Å². The Morgan fingerprint density at radius 2 is 1.86 bits per heavy atom. The van der Waals surface area contributed by atoms with Crippen LogP contribution in [0.25, 0.3) is 0 Å². The van der Waals surface area contributed by atoms with Crippen LogP contribution in [0.3, 0.4) is 0 Å². The Morgan fingerprint density at radius 3 is 2.48 bits per heavy atom. The first kappa shape index (κ1) is 17.0. The fraction of sp³-hybridized carbons (Fsp3) is 0.500. The minimum Gasteiger partial charge on any atom is -0.481 e. The van der Waals surface area contributed by atoms with Gasteiger partial charge in [-0.05, 0) is 25.3 Å². The third kappa shape index (κ3) is 7.34. The maximum absolute atomic E-state index is 12.0. The van der Waals surface area contributed by atoms with E-state index in [9.17, 15) is 9.59 Å². The zero-order valence-electron chi connectivity index (χ0n) is 12.5. The molecular weight excluding hydrogens is 268 g/mol. The molecule has 0 fully saturated rings. The van der Waals surface area contributed by atoms with Crippen molar-refractivity contribution in [2.75, 3.05) is 13.1 Å². The molecule has 0 aliphatic carbocycles. The number of unbranched alkanes of at least 4 members (excludes halogenated alkanes) is 2. The molecule has 0 aliphatic rings. The monoisotopic (exact) mass is 292 g/mol. The van der Waals surface area contributed by atoms with Crippen LogP contribution in [0.5, 0.6) is 0 Å². The molecule has 5 heteroatoms. The van der Waals surface area contributed by atoms with Crippen LogP contribution < -0.4 is 5.32 Å². The average molecular weight is 292 g/mol. The number of nitrogens with one attached hydrogen (secondary N) is 1. The standard InChI is InChI=1S/C16H24N2O3/c1-2-18(13-14-9-5-3-6-10-14)16(21)17-12-8-4-7-11-15(19)20/h3,5-6,9-10H,2,4,7-8,11-13H2,1H3,(H,17,21)(H,19,20). The number of nitrogens with zero attached hydrogens (tertiary/aromatic N) is 1. The SMILES string of the molecule is CCN(Cc1ccccc1)C(=O)NCCCCCC(=O)O. The molecule has 0 bridgehead atoms. The lowest BCUT2D eigenvalue weighted by atomic mass is 10.2. The number of carboxylic acid groups (broad SMARTS) is 1. The molecule has 2 N–H and O–H groups in total. The van der Waals surface area contributed by atoms with E-state index in [0.717, 1.165) is 18.4 Å². The highest BCUT2D eigenvalue weighted by Gasteiger charge is 2.10. The minimum absolute atomic E-state index is 0.0698. The minimum atomic E-state index is -0.765. The zero-order chi connectivity index (χ0) is 15.5. The van der Waals surface area contributed by atoms with E-state index in [0.29, 0.717) is 26.1 Å². The van der Waals surface area contributed by atoms with Crippen molar-refractivity contribution in [3.8, 4) is 0 Å². The largest absolute Gasteiger partial charge is 0.481 e. The summed E-state index contributed by atoms with van der Waals surface area (Å²) in [4.78, 5) is 24.2. The van der Waals surface area contributed by atoms with Crippen LogP contribution in [0.2, 0.25) is 0 Å². The van der Waals surface area contributed by atoms with Crippen molar-refractivity contribution >= 4 is 12.0 Å². The summed E-state index contributed by atoms with van der Waals surface area (Å²) in [7, 11) is 0. The van der Waals surface area contributed by atoms with E-state index in [2.05, 4.69) is 5.32 Å². The molecule has 0 spiro atoms. The van der Waals surface area contributed by atoms with Gasteiger partial charge in [-0.3, -0.25) is 4.79 Å². The number of urea groups is 1. The molecule has 2 amide bonds. The molecule has 21 heavy (non-hydrogen) atoms. The van der Waals surface area contributed by atoms with Gasteiger partial charge >= 0.3 is 12.0 Å². The van der Waals surface area contributed by atoms with Gasteiger partial charge in [0.25, 0.3) is 0 Å². The molecule has 0 radical (unpaired) electrons. The first-order valence-electron chi connectivity index (χ1n) is 7.42. The Balaban J connectivity index is 2.24. The Kier molecular flexibility index (Phi) is 7.94. The van der Waals surface area contributed by atoms with Gasteiger partial charge in [0.1, 0.15) is 0 Å². The zero-order valence-corrected chi connectivity index (χ0v) is 12.5. The predicted molar refractivity (Wildman–Crippen MR) is 82.0 cm³/mol. The van der Waals surface area contributed by atoms with Crippen LogP contribution in [-0.2, 0) is 11.3 Å². The Hall–Kier alpha value is -2.04. The first-order valence-corrected chi connectivity index (χ1v) is 7.42. The van der Waals surface area contributed by atoms with Crippen molar-refractivity contribution in [3.63, 3.8) is 0 Å². The molecule has 1 aromatic rings. The van der Waals surface area contributed by atoms with Gasteiger partial charge in [-0.15, -0.1) is 0 Å². The lowest BCUT2D eigenvalue weighted by Crippen LogP contribution is -2.39. The number of rotatable bonds is 9. The average Bonchev–Trinajstić information content (AvgIpc) is 2.48. The van der Waals surface area contributed by atoms with E-state index in [1.807, 2.05) is 37.3 Å². The lowest BCUT2D eigenvalue weighted by Gasteiger charge is -2.21. The van der Waals surface area contributed by atoms with Crippen LogP contribution in [-0.4, -0.2) is 35.1 Å². The molecule has 116 valence electrons. The van der Waals surface area contributed by atoms with E-state index >= 15 is 0 Å². The van der Waals surface area contributed by atoms with Gasteiger partial charge in [-0.25, -0.2) is 4.79 Å². The van der Waals surface area contributed by atoms with Gasteiger partial charge in [0.05, 0.1) is 0 Å². The van der Waals surface area contributed by atoms with E-state index in [4.69, 9.17) is 5.11 Å². The second-order valence-corrected chi connectivity index (χ2v) is 4.94. The van der Waals surface area contributed by atoms with Crippen LogP contribution in [0.15, 0.2) is 30.3 Å². The second kappa shape index (κ2) is 9.80. The second-order valence-electron chi connectivity index (χ2n) is 4.94. The highest BCUT2D eigenvalue weighted by molar-refractivity contribution is 5.74. The van der Waals surface area contributed by atoms with Crippen molar-refractivity contribution < 1.29 is 14.7 Å². The van der Waals surface area contributed by atoms with Crippen LogP contribution in [0.1, 0.15) is 38.2 Å². The van der Waals surface area contributed by atoms with Crippen molar-refractivity contribution in [2.45, 2.75) is 39.2 Å². The Bertz CT molecular complexity index is 434. The van der Waals surface area contributed by atoms with Crippen molar-refractivity contribution in [3.05, 3.63) is 35.9 Å². The predicted octanol–water partition coefficient (Wildman–Crippen LogP) is 2.86. The summed E-state index contributed by atoms with van der Waals surface area (Å²) < 4.78 is 0. The summed E-state index contributed by atoms with van der Waals surface area (Å²) in [6, 6.07) is 9.81. The number of hydrogen-bond donors (Lipinski definition) is 2. The van der Waals surface area contributed by atoms with Gasteiger partial charge < -0.3 is 15.3 Å². The number of carboxylic acids is 1. The molecule has 0 atom stereocenters. The maximum Gasteiger partial charge on any atom is 0.317 e. The number of hydrogen-bond acceptors (Lipinski definition) is 2. The molecule has 1 aromatic carbocycles. The third-order valence-electron chi connectivity index (χ3n) is 3.23. The normalized spacial score (nSPS) is 10.1. The molecule has 0 saturated heterocycles. The number of carbonyl (C=O) groups excluding carboxylic acids is 1. The molecule has 5 nitrogen and oxygen atoms in total. The van der Waals surface area contributed by atoms with Crippen molar-refractivity contribution in [2.24, 2.45) is 0 Å². The van der Waals surface area contributed by atoms with E-state index in [1.165, 1.54) is 0 Å². The van der Waals surface area contributed by atoms with E-state index < -0.39 is 5.97 Å². The summed E-state index contributed by atoms with van der Waals surface area (Å²) in [6.45, 7) is 3.79. The summed E-state index contributed by atoms with van der Waals surface area (Å²) in [5, 5.41) is 11.4. The van der Waals surface area contributed by atoms with Crippen LogP contribution in [0.4, 0.5) is 4.79 Å². The van der Waals surface area contributed by atoms with Gasteiger partial charge in [0.15, 0.2) is 0 Å². The molecule has 0 heterocycles. The number of carbonyl (C=O) groups is 2. The molecule has 0 aromatic heterocycles. The van der Waals surface area contributed by atoms with Gasteiger partial charge in [0.2, 0.25) is 0 Å². The fourth-order valence-corrected chi connectivity index (χ4v) is 2.02. The lowest BCUT2D eigenvalue weighted by molar-refractivity contribution is -0.137. The molecule has 0 aliphatic heterocycles. The quantitative estimate of drug-likeness (QED) is 0.688. The first-order chi connectivity index (χ1) is 10.1. The molecule has 1 rings (SSSR count). The smallest absolute Gasteiger partial charge is 0.317 e. The van der Waals surface area contributed by atoms with Gasteiger partial charge in [-0.2, -0.15) is 0 Å². The van der Waals surface area contributed by atoms with Gasteiger partial charge in [0, 0.05) is 26.1 Å². The Morgan fingerprint density at radius 1 is 1.14 bits per heavy atom. The molecule has 0 saturated carbocycles. The number of benzene rings is 1. The third-order valence-corrected chi connectivity index (χ3v) is 3.23. The Labute approximate surface area is 126 Å². The molecule has 0 unspecified atom stereocenters. The van der Waals surface area contributed by atoms with E-state index in [1.54, 1.807) is 4.90 Å². The molecular formula is C16H24N2O3. The van der Waals surface area contributed by atoms with Gasteiger partial charge in [-0.1, -0.05) is 36.8 Å². The topological polar surface area (TPSA) is 69.6 Å². The van der Waals surface area contributed by atoms with E-state index in [-0.39, 0.29) is 12.5 Å². The fourth-order valence-electron chi connectivity index (χ4n) is 2.02. The van der Waals surface area contributed by atoms with Crippen LogP contribution in [0, 0.1) is 0 Å². The summed E-state index contributed by atoms with van der Waals surface area (Å²) >= 11 is 0. The number of aliphatic carboxylic acids is 1. The number of amides is 2. The van der Waals surface area contributed by atoms with Crippen molar-refractivity contribution in [1.29, 1.82) is 0 Å². The van der Waals surface area contributed by atoms with Crippen molar-refractivity contribution in [1.82, 2.24) is 10.2 Å². The highest BCUT2D eigenvalue weighted by Crippen LogP contribution is 2.04. The summed E-state index contributed by atoms with van der Waals surface area (Å²) in [5.74, 6) is -0.765. The summed E-state index contributed by atoms with van der Waals surface area (Å²) in [5.41, 5.74) is 1.11. The summed E-state index contributed by atoms with van der Waals surface area (Å²) in [6.07, 6.45) is 2.48. The highest BCUT2D eigenvalue weighted by atomic mass is 16.4. The maximum atomic E-state index is 12.0.